The summed E-state index contributed by atoms with van der Waals surface area (Å²) < 4.78 is 5.38. The number of aromatic nitrogens is 2. The molecule has 2 N–H and O–H groups in total. The van der Waals surface area contributed by atoms with Crippen LogP contribution in [0.15, 0.2) is 36.7 Å². The van der Waals surface area contributed by atoms with Crippen LogP contribution in [0.25, 0.3) is 0 Å². The molecule has 0 bridgehead atoms. The van der Waals surface area contributed by atoms with Crippen molar-refractivity contribution in [2.75, 3.05) is 24.3 Å². The van der Waals surface area contributed by atoms with Gasteiger partial charge < -0.3 is 15.4 Å². The van der Waals surface area contributed by atoms with Crippen LogP contribution in [-0.4, -0.2) is 29.5 Å². The molecule has 0 saturated heterocycles. The van der Waals surface area contributed by atoms with Crippen LogP contribution in [0.3, 0.4) is 0 Å². The van der Waals surface area contributed by atoms with Crippen LogP contribution in [0.4, 0.5) is 11.5 Å². The highest BCUT2D eigenvalue weighted by molar-refractivity contribution is 6.02. The van der Waals surface area contributed by atoms with E-state index in [-0.39, 0.29) is 11.6 Å². The van der Waals surface area contributed by atoms with E-state index in [9.17, 15) is 4.79 Å². The van der Waals surface area contributed by atoms with Gasteiger partial charge in [0.25, 0.3) is 5.91 Å². The number of ether oxygens (including phenoxy) is 1. The molecule has 0 unspecified atom stereocenters. The number of rotatable bonds is 5. The van der Waals surface area contributed by atoms with Crippen molar-refractivity contribution in [3.63, 3.8) is 0 Å². The van der Waals surface area contributed by atoms with Crippen LogP contribution < -0.4 is 15.4 Å². The largest absolute Gasteiger partial charge is 0.494 e. The maximum atomic E-state index is 12.0. The van der Waals surface area contributed by atoms with Gasteiger partial charge in [-0.3, -0.25) is 4.79 Å². The zero-order chi connectivity index (χ0) is 14.4. The molecule has 6 heteroatoms. The van der Waals surface area contributed by atoms with E-state index in [0.717, 1.165) is 0 Å². The molecule has 0 radical (unpaired) electrons. The number of benzene rings is 1. The first-order chi connectivity index (χ1) is 9.72. The topological polar surface area (TPSA) is 76.1 Å². The van der Waals surface area contributed by atoms with Gasteiger partial charge in [-0.15, -0.1) is 0 Å². The fraction of sp³-hybridized carbons (Fsp3) is 0.214. The highest BCUT2D eigenvalue weighted by atomic mass is 16.5. The van der Waals surface area contributed by atoms with Gasteiger partial charge in [0, 0.05) is 18.8 Å². The van der Waals surface area contributed by atoms with Crippen molar-refractivity contribution in [1.29, 1.82) is 0 Å². The highest BCUT2D eigenvalue weighted by Crippen LogP contribution is 2.17. The van der Waals surface area contributed by atoms with Crippen molar-refractivity contribution < 1.29 is 9.53 Å². The maximum Gasteiger partial charge on any atom is 0.275 e. The summed E-state index contributed by atoms with van der Waals surface area (Å²) in [5.41, 5.74) is 0.909. The molecule has 0 aliphatic carbocycles. The summed E-state index contributed by atoms with van der Waals surface area (Å²) in [6, 6.07) is 7.20. The SMILES string of the molecule is CCOc1cccc(NC(=O)c2cnc(NC)cn2)c1. The molecule has 0 spiro atoms. The molecular weight excluding hydrogens is 256 g/mol. The Labute approximate surface area is 117 Å². The van der Waals surface area contributed by atoms with Crippen molar-refractivity contribution in [3.8, 4) is 5.75 Å². The summed E-state index contributed by atoms with van der Waals surface area (Å²) in [5.74, 6) is 1.01. The van der Waals surface area contributed by atoms with Crippen LogP contribution in [0.1, 0.15) is 17.4 Å². The third kappa shape index (κ3) is 3.44. The lowest BCUT2D eigenvalue weighted by Gasteiger charge is -2.07. The minimum absolute atomic E-state index is 0.255. The standard InChI is InChI=1S/C14H16N4O2/c1-3-20-11-6-4-5-10(7-11)18-14(19)12-8-17-13(15-2)9-16-12/h4-9H,3H2,1-2H3,(H,15,17)(H,18,19). The molecule has 1 amide bonds. The van der Waals surface area contributed by atoms with E-state index in [0.29, 0.717) is 23.9 Å². The molecule has 104 valence electrons. The molecule has 6 nitrogen and oxygen atoms in total. The summed E-state index contributed by atoms with van der Waals surface area (Å²) in [5, 5.41) is 5.60. The molecule has 2 rings (SSSR count). The van der Waals surface area contributed by atoms with Gasteiger partial charge in [-0.25, -0.2) is 9.97 Å². The second-order valence-corrected chi connectivity index (χ2v) is 3.95. The van der Waals surface area contributed by atoms with E-state index in [4.69, 9.17) is 4.74 Å². The fourth-order valence-electron chi connectivity index (χ4n) is 1.60. The Morgan fingerprint density at radius 1 is 1.30 bits per heavy atom. The van der Waals surface area contributed by atoms with Gasteiger partial charge in [-0.05, 0) is 19.1 Å². The second kappa shape index (κ2) is 6.51. The lowest BCUT2D eigenvalue weighted by molar-refractivity contribution is 0.102. The first-order valence-corrected chi connectivity index (χ1v) is 6.27. The van der Waals surface area contributed by atoms with E-state index in [1.807, 2.05) is 19.1 Å². The van der Waals surface area contributed by atoms with Crippen LogP contribution in [0, 0.1) is 0 Å². The van der Waals surface area contributed by atoms with E-state index in [2.05, 4.69) is 20.6 Å². The Bertz CT molecular complexity index is 584. The van der Waals surface area contributed by atoms with Crippen molar-refractivity contribution >= 4 is 17.4 Å². The summed E-state index contributed by atoms with van der Waals surface area (Å²) >= 11 is 0. The lowest BCUT2D eigenvalue weighted by Crippen LogP contribution is -2.14. The first-order valence-electron chi connectivity index (χ1n) is 6.27. The lowest BCUT2D eigenvalue weighted by atomic mass is 10.3. The Hall–Kier alpha value is -2.63. The normalized spacial score (nSPS) is 9.90. The van der Waals surface area contributed by atoms with Gasteiger partial charge in [0.05, 0.1) is 19.0 Å². The smallest absolute Gasteiger partial charge is 0.275 e. The van der Waals surface area contributed by atoms with E-state index in [1.165, 1.54) is 12.4 Å². The van der Waals surface area contributed by atoms with Gasteiger partial charge in [0.15, 0.2) is 0 Å². The molecule has 1 aromatic carbocycles. The zero-order valence-electron chi connectivity index (χ0n) is 11.4. The third-order valence-electron chi connectivity index (χ3n) is 2.54. The average Bonchev–Trinajstić information content (AvgIpc) is 2.48. The van der Waals surface area contributed by atoms with Gasteiger partial charge in [0.2, 0.25) is 0 Å². The van der Waals surface area contributed by atoms with Gasteiger partial charge >= 0.3 is 0 Å². The third-order valence-corrected chi connectivity index (χ3v) is 2.54. The molecule has 0 aliphatic rings. The van der Waals surface area contributed by atoms with E-state index < -0.39 is 0 Å². The molecule has 0 atom stereocenters. The Balaban J connectivity index is 2.08. The molecular formula is C14H16N4O2. The number of nitrogens with one attached hydrogen (secondary N) is 2. The Kier molecular flexibility index (Phi) is 4.49. The fourth-order valence-corrected chi connectivity index (χ4v) is 1.60. The summed E-state index contributed by atoms with van der Waals surface area (Å²) in [6.45, 7) is 2.48. The predicted molar refractivity (Wildman–Crippen MR) is 77.1 cm³/mol. The predicted octanol–water partition coefficient (Wildman–Crippen LogP) is 2.17. The highest BCUT2D eigenvalue weighted by Gasteiger charge is 2.08. The Morgan fingerprint density at radius 3 is 2.80 bits per heavy atom. The summed E-state index contributed by atoms with van der Waals surface area (Å²) in [6.07, 6.45) is 2.93. The van der Waals surface area contributed by atoms with E-state index >= 15 is 0 Å². The van der Waals surface area contributed by atoms with Crippen LogP contribution in [0.2, 0.25) is 0 Å². The zero-order valence-corrected chi connectivity index (χ0v) is 11.4. The van der Waals surface area contributed by atoms with Gasteiger partial charge in [-0.1, -0.05) is 6.07 Å². The molecule has 1 heterocycles. The first kappa shape index (κ1) is 13.8. The van der Waals surface area contributed by atoms with E-state index in [1.54, 1.807) is 19.2 Å². The molecule has 20 heavy (non-hydrogen) atoms. The average molecular weight is 272 g/mol. The molecule has 0 fully saturated rings. The van der Waals surface area contributed by atoms with Gasteiger partial charge in [0.1, 0.15) is 17.3 Å². The number of amides is 1. The number of hydrogen-bond donors (Lipinski definition) is 2. The molecule has 0 saturated carbocycles. The van der Waals surface area contributed by atoms with Crippen molar-refractivity contribution in [2.24, 2.45) is 0 Å². The molecule has 2 aromatic rings. The second-order valence-electron chi connectivity index (χ2n) is 3.95. The van der Waals surface area contributed by atoms with Crippen molar-refractivity contribution in [2.45, 2.75) is 6.92 Å². The number of nitrogens with zero attached hydrogens (tertiary/aromatic N) is 2. The number of anilines is 2. The number of carbonyl (C=O) groups is 1. The molecule has 1 aromatic heterocycles. The Morgan fingerprint density at radius 2 is 2.15 bits per heavy atom. The van der Waals surface area contributed by atoms with Crippen molar-refractivity contribution in [1.82, 2.24) is 9.97 Å². The van der Waals surface area contributed by atoms with Gasteiger partial charge in [-0.2, -0.15) is 0 Å². The number of carbonyl (C=O) groups excluding carboxylic acids is 1. The summed E-state index contributed by atoms with van der Waals surface area (Å²) in [7, 11) is 1.74. The van der Waals surface area contributed by atoms with Crippen LogP contribution in [-0.2, 0) is 0 Å². The summed E-state index contributed by atoms with van der Waals surface area (Å²) in [4.78, 5) is 20.1. The maximum absolute atomic E-state index is 12.0. The van der Waals surface area contributed by atoms with Crippen molar-refractivity contribution in [3.05, 3.63) is 42.4 Å². The quantitative estimate of drug-likeness (QED) is 0.872. The van der Waals surface area contributed by atoms with Crippen LogP contribution >= 0.6 is 0 Å². The minimum atomic E-state index is -0.311. The minimum Gasteiger partial charge on any atom is -0.494 e. The van der Waals surface area contributed by atoms with Crippen LogP contribution in [0.5, 0.6) is 5.75 Å². The number of hydrogen-bond acceptors (Lipinski definition) is 5. The monoisotopic (exact) mass is 272 g/mol. The molecule has 0 aliphatic heterocycles.